The van der Waals surface area contributed by atoms with Gasteiger partial charge in [-0.05, 0) is 50.3 Å². The van der Waals surface area contributed by atoms with Crippen molar-refractivity contribution in [2.24, 2.45) is 5.92 Å². The average Bonchev–Trinajstić information content (AvgIpc) is 3.10. The molecule has 1 fully saturated rings. The van der Waals surface area contributed by atoms with Crippen LogP contribution in [0.2, 0.25) is 0 Å². The van der Waals surface area contributed by atoms with E-state index in [0.29, 0.717) is 23.8 Å². The van der Waals surface area contributed by atoms with E-state index in [9.17, 15) is 22.4 Å². The van der Waals surface area contributed by atoms with Crippen LogP contribution in [0, 0.1) is 30.0 Å². The first-order chi connectivity index (χ1) is 16.4. The number of halogens is 1. The van der Waals surface area contributed by atoms with E-state index in [-0.39, 0.29) is 18.3 Å². The zero-order chi connectivity index (χ0) is 27.0. The molecule has 35 heavy (non-hydrogen) atoms. The van der Waals surface area contributed by atoms with Crippen molar-refractivity contribution in [1.29, 1.82) is 5.26 Å². The number of carbonyl (C=O) groups is 2. The Bertz CT molecular complexity index is 940. The van der Waals surface area contributed by atoms with Gasteiger partial charge >= 0.3 is 12.1 Å². The molecular formula is C25H39FN2O6S. The maximum atomic E-state index is 13.5. The summed E-state index contributed by atoms with van der Waals surface area (Å²) in [4.78, 5) is 22.7. The van der Waals surface area contributed by atoms with Gasteiger partial charge in [0.25, 0.3) is 0 Å². The fourth-order valence-corrected chi connectivity index (χ4v) is 4.25. The van der Waals surface area contributed by atoms with Gasteiger partial charge in [0.2, 0.25) is 0 Å². The highest BCUT2D eigenvalue weighted by Gasteiger charge is 2.34. The molecule has 0 bridgehead atoms. The zero-order valence-electron chi connectivity index (χ0n) is 21.7. The molecule has 1 heterocycles. The van der Waals surface area contributed by atoms with Gasteiger partial charge in [-0.15, -0.1) is 0 Å². The van der Waals surface area contributed by atoms with Crippen molar-refractivity contribution in [3.8, 4) is 6.07 Å². The van der Waals surface area contributed by atoms with E-state index in [0.717, 1.165) is 12.7 Å². The summed E-state index contributed by atoms with van der Waals surface area (Å²) in [6.45, 7) is 9.74. The van der Waals surface area contributed by atoms with E-state index in [2.05, 4.69) is 24.7 Å². The third-order valence-electron chi connectivity index (χ3n) is 4.95. The first-order valence-electron chi connectivity index (χ1n) is 11.8. The van der Waals surface area contributed by atoms with Crippen LogP contribution in [0.15, 0.2) is 18.2 Å². The predicted octanol–water partition coefficient (Wildman–Crippen LogP) is 5.19. The molecule has 0 radical (unpaired) electrons. The Morgan fingerprint density at radius 2 is 1.89 bits per heavy atom. The third kappa shape index (κ3) is 14.4. The van der Waals surface area contributed by atoms with E-state index in [1.165, 1.54) is 43.6 Å². The SMILES string of the molecule is CCCC(CC#N)CCC.CCOC(C)=O.Cc1ccc(N2C[C@H](CS(C)(=O)=O)OC2=O)cc1F. The van der Waals surface area contributed by atoms with Crippen molar-refractivity contribution in [3.63, 3.8) is 0 Å². The lowest BCUT2D eigenvalue weighted by molar-refractivity contribution is -0.140. The average molecular weight is 515 g/mol. The van der Waals surface area contributed by atoms with Gasteiger partial charge in [-0.25, -0.2) is 17.6 Å². The van der Waals surface area contributed by atoms with Gasteiger partial charge in [0.1, 0.15) is 11.9 Å². The number of anilines is 1. The topological polar surface area (TPSA) is 114 Å². The molecule has 0 saturated carbocycles. The van der Waals surface area contributed by atoms with Gasteiger partial charge in [0, 0.05) is 19.6 Å². The number of hydrogen-bond acceptors (Lipinski definition) is 7. The van der Waals surface area contributed by atoms with Crippen molar-refractivity contribution < 1.29 is 31.9 Å². The Morgan fingerprint density at radius 1 is 1.29 bits per heavy atom. The predicted molar refractivity (Wildman–Crippen MR) is 134 cm³/mol. The lowest BCUT2D eigenvalue weighted by Gasteiger charge is -2.13. The number of amides is 1. The summed E-state index contributed by atoms with van der Waals surface area (Å²) in [6, 6.07) is 6.63. The summed E-state index contributed by atoms with van der Waals surface area (Å²) in [6.07, 6.45) is 5.34. The number of carbonyl (C=O) groups excluding carboxylic acids is 2. The summed E-state index contributed by atoms with van der Waals surface area (Å²) < 4.78 is 45.1. The summed E-state index contributed by atoms with van der Waals surface area (Å²) in [5.41, 5.74) is 0.841. The van der Waals surface area contributed by atoms with Crippen LogP contribution in [0.3, 0.4) is 0 Å². The number of nitriles is 1. The van der Waals surface area contributed by atoms with Crippen molar-refractivity contribution in [2.45, 2.75) is 72.8 Å². The maximum absolute atomic E-state index is 13.5. The molecule has 198 valence electrons. The van der Waals surface area contributed by atoms with E-state index in [1.807, 2.05) is 0 Å². The van der Waals surface area contributed by atoms with Crippen LogP contribution in [0.5, 0.6) is 0 Å². The fourth-order valence-electron chi connectivity index (χ4n) is 3.40. The minimum atomic E-state index is -3.23. The number of ether oxygens (including phenoxy) is 2. The van der Waals surface area contributed by atoms with Crippen LogP contribution in [-0.4, -0.2) is 51.7 Å². The van der Waals surface area contributed by atoms with Crippen molar-refractivity contribution >= 4 is 27.6 Å². The number of sulfone groups is 1. The van der Waals surface area contributed by atoms with E-state index < -0.39 is 27.9 Å². The molecule has 1 aromatic carbocycles. The highest BCUT2D eigenvalue weighted by molar-refractivity contribution is 7.90. The second-order valence-corrected chi connectivity index (χ2v) is 10.6. The lowest BCUT2D eigenvalue weighted by atomic mass is 9.96. The van der Waals surface area contributed by atoms with Gasteiger partial charge in [-0.3, -0.25) is 9.69 Å². The van der Waals surface area contributed by atoms with Crippen LogP contribution in [0.1, 0.15) is 65.4 Å². The number of rotatable bonds is 9. The molecule has 0 N–H and O–H groups in total. The molecule has 1 atom stereocenters. The summed E-state index contributed by atoms with van der Waals surface area (Å²) in [5.74, 6) is -0.196. The number of hydrogen-bond donors (Lipinski definition) is 0. The second-order valence-electron chi connectivity index (χ2n) is 8.37. The minimum Gasteiger partial charge on any atom is -0.466 e. The second kappa shape index (κ2) is 16.9. The molecule has 1 aromatic rings. The van der Waals surface area contributed by atoms with E-state index in [1.54, 1.807) is 26.0 Å². The molecule has 0 aromatic heterocycles. The van der Waals surface area contributed by atoms with Gasteiger partial charge in [0.05, 0.1) is 30.7 Å². The first-order valence-corrected chi connectivity index (χ1v) is 13.9. The van der Waals surface area contributed by atoms with Gasteiger partial charge in [-0.2, -0.15) is 5.26 Å². The van der Waals surface area contributed by atoms with E-state index in [4.69, 9.17) is 10.00 Å². The standard InChI is InChI=1S/C12H14FNO4S.C9H17N.C4H8O2/c1-8-3-4-9(5-11(8)13)14-6-10(18-12(14)15)7-19(2,16)17;1-3-5-9(6-4-2)7-8-10;1-3-6-4(2)5/h3-5,10H,6-7H2,1-2H3;9H,3-7H2,1-2H3;3H2,1-2H3/t10-;;/m1../s1. The number of cyclic esters (lactones) is 1. The van der Waals surface area contributed by atoms with Gasteiger partial charge in [0.15, 0.2) is 9.84 Å². The lowest BCUT2D eigenvalue weighted by Crippen LogP contribution is -2.27. The monoisotopic (exact) mass is 514 g/mol. The molecule has 0 aliphatic carbocycles. The third-order valence-corrected chi connectivity index (χ3v) is 5.93. The Balaban J connectivity index is 0.000000606. The van der Waals surface area contributed by atoms with Crippen LogP contribution in [-0.2, 0) is 24.1 Å². The molecule has 1 saturated heterocycles. The number of nitrogens with zero attached hydrogens (tertiary/aromatic N) is 2. The Hall–Kier alpha value is -2.67. The Kier molecular flexibility index (Phi) is 15.6. The molecule has 2 rings (SSSR count). The molecule has 1 aliphatic heterocycles. The van der Waals surface area contributed by atoms with Crippen molar-refractivity contribution in [3.05, 3.63) is 29.6 Å². The van der Waals surface area contributed by atoms with Crippen LogP contribution >= 0.6 is 0 Å². The molecule has 1 aliphatic rings. The fraction of sp³-hybridized carbons (Fsp3) is 0.640. The van der Waals surface area contributed by atoms with Gasteiger partial charge < -0.3 is 9.47 Å². The largest absolute Gasteiger partial charge is 0.466 e. The molecule has 0 unspecified atom stereocenters. The quantitative estimate of drug-likeness (QED) is 0.417. The highest BCUT2D eigenvalue weighted by Crippen LogP contribution is 2.24. The zero-order valence-corrected chi connectivity index (χ0v) is 22.5. The number of aryl methyl sites for hydroxylation is 1. The molecule has 8 nitrogen and oxygen atoms in total. The normalized spacial score (nSPS) is 14.8. The van der Waals surface area contributed by atoms with E-state index >= 15 is 0 Å². The minimum absolute atomic E-state index is 0.106. The van der Waals surface area contributed by atoms with Crippen molar-refractivity contribution in [1.82, 2.24) is 0 Å². The molecule has 0 spiro atoms. The summed E-state index contributed by atoms with van der Waals surface area (Å²) in [5, 5.41) is 8.44. The molecule has 10 heteroatoms. The van der Waals surface area contributed by atoms with Crippen molar-refractivity contribution in [2.75, 3.05) is 30.1 Å². The smallest absolute Gasteiger partial charge is 0.414 e. The first kappa shape index (κ1) is 32.3. The molecule has 1 amide bonds. The van der Waals surface area contributed by atoms with Crippen LogP contribution in [0.4, 0.5) is 14.9 Å². The Labute approximate surface area is 209 Å². The highest BCUT2D eigenvalue weighted by atomic mass is 32.2. The molecular weight excluding hydrogens is 475 g/mol. The maximum Gasteiger partial charge on any atom is 0.414 e. The number of benzene rings is 1. The Morgan fingerprint density at radius 3 is 2.29 bits per heavy atom. The van der Waals surface area contributed by atoms with Crippen LogP contribution < -0.4 is 4.90 Å². The summed E-state index contributed by atoms with van der Waals surface area (Å²) >= 11 is 0. The van der Waals surface area contributed by atoms with Crippen LogP contribution in [0.25, 0.3) is 0 Å². The summed E-state index contributed by atoms with van der Waals surface area (Å²) in [7, 11) is -3.23. The number of esters is 1. The van der Waals surface area contributed by atoms with Gasteiger partial charge in [-0.1, -0.05) is 32.8 Å².